The fourth-order valence-electron chi connectivity index (χ4n) is 13.0. The van der Waals surface area contributed by atoms with Crippen LogP contribution in [0.25, 0.3) is 0 Å². The Kier molecular flexibility index (Phi) is 21.5. The number of rotatable bonds is 15. The van der Waals surface area contributed by atoms with Crippen molar-refractivity contribution in [2.24, 2.45) is 0 Å². The number of benzene rings is 6. The molecule has 0 spiro atoms. The topological polar surface area (TPSA) is 104 Å². The Morgan fingerprint density at radius 3 is 1.18 bits per heavy atom. The van der Waals surface area contributed by atoms with Crippen molar-refractivity contribution in [3.05, 3.63) is 214 Å². The van der Waals surface area contributed by atoms with Crippen molar-refractivity contribution >= 4 is 18.2 Å². The lowest BCUT2D eigenvalue weighted by molar-refractivity contribution is 0.104. The molecular weight excluding hydrogens is 1020 g/mol. The molecule has 12 heteroatoms. The number of nitrogens with zero attached hydrogens (tertiary/aromatic N) is 6. The van der Waals surface area contributed by atoms with Crippen LogP contribution in [0.3, 0.4) is 0 Å². The molecule has 3 saturated heterocycles. The van der Waals surface area contributed by atoms with E-state index in [1.165, 1.54) is 56.5 Å². The van der Waals surface area contributed by atoms with E-state index in [-0.39, 0.29) is 18.2 Å². The number of nitrogens with one attached hydrogen (secondary N) is 2. The molecule has 6 heterocycles. The van der Waals surface area contributed by atoms with Crippen LogP contribution in [0.5, 0.6) is 0 Å². The predicted molar refractivity (Wildman–Crippen MR) is 329 cm³/mol. The van der Waals surface area contributed by atoms with Gasteiger partial charge in [-0.15, -0.1) is 0 Å². The van der Waals surface area contributed by atoms with Gasteiger partial charge in [-0.2, -0.15) is 0 Å². The minimum absolute atomic E-state index is 0.0948. The lowest BCUT2D eigenvalue weighted by atomic mass is 9.91. The van der Waals surface area contributed by atoms with Gasteiger partial charge in [0.15, 0.2) is 0 Å². The van der Waals surface area contributed by atoms with Crippen molar-refractivity contribution in [3.8, 4) is 0 Å². The standard InChI is InChI=1S/C24H31N3O.C23H29N3O.C23H28N2O2/c28-24(27-16-6-12-23(19-27)20-8-2-1-3-9-20)25-14-7-15-26-17-13-21-10-4-5-11-22(21)18-26;27-23(26-16-12-22(18-26)19-7-2-1-3-8-19)24-13-6-14-25-15-11-20-9-4-5-10-21(20)17-25;26-23(25-15-12-22(18-25)19-7-2-1-3-8-19)27-16-6-13-24-14-11-20-9-4-5-10-21(20)17-24/h1-5,8-11,23H,6-7,12-19H2,(H,25,28);1-5,7-10,22H,6,11-18H2,(H,24,27);1-5,7-10,22H,6,11-18H2. The van der Waals surface area contributed by atoms with E-state index in [4.69, 9.17) is 4.74 Å². The first-order valence-electron chi connectivity index (χ1n) is 30.9. The van der Waals surface area contributed by atoms with Crippen LogP contribution in [0.1, 0.15) is 113 Å². The quantitative estimate of drug-likeness (QED) is 0.0987. The number of carbonyl (C=O) groups is 3. The van der Waals surface area contributed by atoms with E-state index in [0.29, 0.717) is 24.4 Å². The van der Waals surface area contributed by atoms with E-state index in [2.05, 4.69) is 177 Å². The summed E-state index contributed by atoms with van der Waals surface area (Å²) in [6.45, 7) is 16.4. The SMILES string of the molecule is O=C(NCCCN1CCc2ccccc2C1)N1CCC(c2ccccc2)C1.O=C(NCCCN1CCc2ccccc2C1)N1CCCC(c2ccccc2)C1.O=C(OCCCN1CCc2ccccc2C1)N1CCC(c2ccccc2)C1. The van der Waals surface area contributed by atoms with Gasteiger partial charge in [0, 0.05) is 129 Å². The molecule has 0 radical (unpaired) electrons. The van der Waals surface area contributed by atoms with Gasteiger partial charge in [0.2, 0.25) is 0 Å². The summed E-state index contributed by atoms with van der Waals surface area (Å²) in [6, 6.07) is 58.0. The molecule has 0 saturated carbocycles. The van der Waals surface area contributed by atoms with Gasteiger partial charge >= 0.3 is 18.2 Å². The Labute approximate surface area is 488 Å². The predicted octanol–water partition coefficient (Wildman–Crippen LogP) is 11.7. The number of amides is 5. The Bertz CT molecular complexity index is 2800. The van der Waals surface area contributed by atoms with Crippen molar-refractivity contribution in [1.82, 2.24) is 40.0 Å². The molecule has 0 aromatic heterocycles. The van der Waals surface area contributed by atoms with Crippen LogP contribution in [0.2, 0.25) is 0 Å². The number of fused-ring (bicyclic) bond motifs is 3. The zero-order chi connectivity index (χ0) is 56.1. The third kappa shape index (κ3) is 16.8. The fourth-order valence-corrected chi connectivity index (χ4v) is 13.0. The van der Waals surface area contributed by atoms with Gasteiger partial charge in [0.05, 0.1) is 6.61 Å². The summed E-state index contributed by atoms with van der Waals surface area (Å²) in [6.07, 6.45) is 10.5. The first-order valence-corrected chi connectivity index (χ1v) is 30.9. The Morgan fingerprint density at radius 1 is 0.390 bits per heavy atom. The van der Waals surface area contributed by atoms with Crippen LogP contribution < -0.4 is 10.6 Å². The summed E-state index contributed by atoms with van der Waals surface area (Å²) in [7, 11) is 0. The molecule has 432 valence electrons. The molecule has 0 bridgehead atoms. The minimum Gasteiger partial charge on any atom is -0.449 e. The molecule has 82 heavy (non-hydrogen) atoms. The average molecular weight is 1110 g/mol. The summed E-state index contributed by atoms with van der Waals surface area (Å²) in [5, 5.41) is 6.26. The van der Waals surface area contributed by atoms with Crippen LogP contribution in [-0.2, 0) is 43.6 Å². The number of carbonyl (C=O) groups excluding carboxylic acids is 3. The monoisotopic (exact) mass is 1100 g/mol. The number of piperidine rings is 1. The molecular formula is C70H88N8O4. The maximum atomic E-state index is 12.6. The van der Waals surface area contributed by atoms with Crippen LogP contribution in [0.4, 0.5) is 14.4 Å². The third-order valence-corrected chi connectivity index (χ3v) is 17.8. The van der Waals surface area contributed by atoms with E-state index < -0.39 is 0 Å². The van der Waals surface area contributed by atoms with E-state index in [1.54, 1.807) is 0 Å². The molecule has 3 unspecified atom stereocenters. The molecule has 6 aromatic rings. The number of hydrogen-bond acceptors (Lipinski definition) is 7. The van der Waals surface area contributed by atoms with Crippen molar-refractivity contribution in [2.75, 3.05) is 98.2 Å². The van der Waals surface area contributed by atoms with E-state index in [1.807, 2.05) is 26.8 Å². The van der Waals surface area contributed by atoms with Gasteiger partial charge in [-0.1, -0.05) is 164 Å². The highest BCUT2D eigenvalue weighted by atomic mass is 16.6. The summed E-state index contributed by atoms with van der Waals surface area (Å²) < 4.78 is 5.53. The molecule has 3 atom stereocenters. The van der Waals surface area contributed by atoms with Gasteiger partial charge in [0.1, 0.15) is 0 Å². The summed E-state index contributed by atoms with van der Waals surface area (Å²) in [4.78, 5) is 50.6. The highest BCUT2D eigenvalue weighted by molar-refractivity contribution is 5.75. The van der Waals surface area contributed by atoms with Gasteiger partial charge in [0.25, 0.3) is 0 Å². The number of likely N-dealkylation sites (tertiary alicyclic amines) is 3. The Balaban J connectivity index is 0.000000138. The van der Waals surface area contributed by atoms with Crippen LogP contribution in [0, 0.1) is 0 Å². The van der Waals surface area contributed by atoms with Crippen LogP contribution >= 0.6 is 0 Å². The maximum Gasteiger partial charge on any atom is 0.409 e. The average Bonchev–Trinajstić information content (AvgIpc) is 4.27. The second kappa shape index (κ2) is 30.4. The minimum atomic E-state index is -0.155. The van der Waals surface area contributed by atoms with Crippen molar-refractivity contribution in [3.63, 3.8) is 0 Å². The number of urea groups is 2. The number of hydrogen-bond donors (Lipinski definition) is 2. The van der Waals surface area contributed by atoms with Crippen LogP contribution in [-0.4, -0.2) is 146 Å². The first-order chi connectivity index (χ1) is 40.4. The zero-order valence-corrected chi connectivity index (χ0v) is 48.4. The smallest absolute Gasteiger partial charge is 0.409 e. The molecule has 6 aromatic carbocycles. The molecule has 6 aliphatic heterocycles. The van der Waals surface area contributed by atoms with E-state index >= 15 is 0 Å². The molecule has 12 rings (SSSR count). The second-order valence-corrected chi connectivity index (χ2v) is 23.4. The lowest BCUT2D eigenvalue weighted by Crippen LogP contribution is -2.45. The fraction of sp³-hybridized carbons (Fsp3) is 0.443. The summed E-state index contributed by atoms with van der Waals surface area (Å²) >= 11 is 0. The molecule has 3 fully saturated rings. The Morgan fingerprint density at radius 2 is 0.744 bits per heavy atom. The van der Waals surface area contributed by atoms with Gasteiger partial charge in [-0.3, -0.25) is 14.7 Å². The van der Waals surface area contributed by atoms with Crippen molar-refractivity contribution in [1.29, 1.82) is 0 Å². The molecule has 5 amide bonds. The molecule has 6 aliphatic rings. The summed E-state index contributed by atoms with van der Waals surface area (Å²) in [5.41, 5.74) is 12.8. The van der Waals surface area contributed by atoms with E-state index in [0.717, 1.165) is 169 Å². The largest absolute Gasteiger partial charge is 0.449 e. The molecule has 12 nitrogen and oxygen atoms in total. The second-order valence-electron chi connectivity index (χ2n) is 23.4. The van der Waals surface area contributed by atoms with Gasteiger partial charge in [-0.05, 0) is 114 Å². The third-order valence-electron chi connectivity index (χ3n) is 17.8. The maximum absolute atomic E-state index is 12.6. The van der Waals surface area contributed by atoms with Gasteiger partial charge in [-0.25, -0.2) is 14.4 Å². The molecule has 2 N–H and O–H groups in total. The zero-order valence-electron chi connectivity index (χ0n) is 48.4. The highest BCUT2D eigenvalue weighted by Crippen LogP contribution is 2.30. The van der Waals surface area contributed by atoms with Gasteiger partial charge < -0.3 is 30.1 Å². The number of ether oxygens (including phenoxy) is 1. The highest BCUT2D eigenvalue weighted by Gasteiger charge is 2.30. The van der Waals surface area contributed by atoms with E-state index in [9.17, 15) is 14.4 Å². The van der Waals surface area contributed by atoms with Crippen LogP contribution in [0.15, 0.2) is 164 Å². The normalized spacial score (nSPS) is 19.8. The first kappa shape index (κ1) is 58.2. The lowest BCUT2D eigenvalue weighted by Gasteiger charge is -2.33. The Hall–Kier alpha value is -6.99. The molecule has 0 aliphatic carbocycles. The summed E-state index contributed by atoms with van der Waals surface area (Å²) in [5.74, 6) is 1.38. The van der Waals surface area contributed by atoms with Crippen molar-refractivity contribution < 1.29 is 19.1 Å². The van der Waals surface area contributed by atoms with Crippen molar-refractivity contribution in [2.45, 2.75) is 102 Å².